The molecule has 1 amide bonds. The van der Waals surface area contributed by atoms with Crippen molar-refractivity contribution in [3.05, 3.63) is 21.4 Å². The molecular formula is C17H23NO4S. The number of carboxylic acid groups (broad SMARTS) is 1. The Bertz CT molecular complexity index is 564. The van der Waals surface area contributed by atoms with Crippen molar-refractivity contribution in [2.24, 2.45) is 0 Å². The third-order valence-corrected chi connectivity index (χ3v) is 6.06. The lowest BCUT2D eigenvalue weighted by molar-refractivity contribution is -0.148. The van der Waals surface area contributed by atoms with E-state index in [1.165, 1.54) is 47.5 Å². The number of amides is 1. The average Bonchev–Trinajstić information content (AvgIpc) is 2.90. The van der Waals surface area contributed by atoms with E-state index in [4.69, 9.17) is 4.74 Å². The minimum Gasteiger partial charge on any atom is -0.480 e. The van der Waals surface area contributed by atoms with Crippen LogP contribution >= 0.6 is 11.3 Å². The zero-order valence-electron chi connectivity index (χ0n) is 13.2. The van der Waals surface area contributed by atoms with E-state index in [2.05, 4.69) is 5.32 Å². The van der Waals surface area contributed by atoms with Crippen LogP contribution < -0.4 is 5.32 Å². The Kier molecular flexibility index (Phi) is 5.02. The van der Waals surface area contributed by atoms with E-state index in [1.54, 1.807) is 0 Å². The van der Waals surface area contributed by atoms with Crippen LogP contribution in [0.25, 0.3) is 0 Å². The lowest BCUT2D eigenvalue weighted by atomic mass is 9.90. The molecular weight excluding hydrogens is 314 g/mol. The Morgan fingerprint density at radius 3 is 2.52 bits per heavy atom. The van der Waals surface area contributed by atoms with Gasteiger partial charge in [0.1, 0.15) is 5.54 Å². The summed E-state index contributed by atoms with van der Waals surface area (Å²) in [6.07, 6.45) is 7.53. The summed E-state index contributed by atoms with van der Waals surface area (Å²) in [7, 11) is 0. The maximum absolute atomic E-state index is 12.6. The number of aryl methyl sites for hydroxylation is 2. The smallest absolute Gasteiger partial charge is 0.329 e. The Hall–Kier alpha value is -1.40. The SMILES string of the molecule is O=C(NC1(C(=O)O)CCOCC1)c1cc2c(s1)CCCCCC2. The number of fused-ring (bicyclic) bond motifs is 1. The van der Waals surface area contributed by atoms with Crippen LogP contribution in [0.5, 0.6) is 0 Å². The zero-order chi connectivity index (χ0) is 16.3. The van der Waals surface area contributed by atoms with Gasteiger partial charge in [0.05, 0.1) is 4.88 Å². The average molecular weight is 337 g/mol. The molecule has 2 aliphatic rings. The number of hydrogen-bond donors (Lipinski definition) is 2. The topological polar surface area (TPSA) is 75.6 Å². The molecule has 2 N–H and O–H groups in total. The minimum atomic E-state index is -1.19. The Morgan fingerprint density at radius 2 is 1.83 bits per heavy atom. The van der Waals surface area contributed by atoms with Gasteiger partial charge in [-0.1, -0.05) is 12.8 Å². The fraction of sp³-hybridized carbons (Fsp3) is 0.647. The fourth-order valence-corrected chi connectivity index (χ4v) is 4.50. The summed E-state index contributed by atoms with van der Waals surface area (Å²) in [5, 5.41) is 12.3. The maximum atomic E-state index is 12.6. The van der Waals surface area contributed by atoms with Gasteiger partial charge in [0.2, 0.25) is 0 Å². The third-order valence-electron chi connectivity index (χ3n) is 4.83. The van der Waals surface area contributed by atoms with E-state index in [-0.39, 0.29) is 5.91 Å². The van der Waals surface area contributed by atoms with Gasteiger partial charge in [-0.2, -0.15) is 0 Å². The summed E-state index contributed by atoms with van der Waals surface area (Å²) in [5.41, 5.74) is 0.0874. The highest BCUT2D eigenvalue weighted by atomic mass is 32.1. The summed E-state index contributed by atoms with van der Waals surface area (Å²) in [5.74, 6) is -1.23. The molecule has 0 bridgehead atoms. The van der Waals surface area contributed by atoms with Crippen LogP contribution in [0.4, 0.5) is 0 Å². The van der Waals surface area contributed by atoms with Crippen LogP contribution in [-0.4, -0.2) is 35.7 Å². The molecule has 23 heavy (non-hydrogen) atoms. The second kappa shape index (κ2) is 7.01. The van der Waals surface area contributed by atoms with Crippen molar-refractivity contribution in [3.63, 3.8) is 0 Å². The van der Waals surface area contributed by atoms with Gasteiger partial charge in [-0.15, -0.1) is 11.3 Å². The van der Waals surface area contributed by atoms with Crippen LogP contribution in [0.15, 0.2) is 6.07 Å². The summed E-state index contributed by atoms with van der Waals surface area (Å²) in [6, 6.07) is 1.97. The third kappa shape index (κ3) is 3.58. The highest BCUT2D eigenvalue weighted by Crippen LogP contribution is 2.29. The van der Waals surface area contributed by atoms with Crippen molar-refractivity contribution in [2.45, 2.75) is 56.9 Å². The van der Waals surface area contributed by atoms with Crippen molar-refractivity contribution in [3.8, 4) is 0 Å². The summed E-state index contributed by atoms with van der Waals surface area (Å²) >= 11 is 1.53. The molecule has 1 aliphatic heterocycles. The van der Waals surface area contributed by atoms with E-state index < -0.39 is 11.5 Å². The van der Waals surface area contributed by atoms with Gasteiger partial charge >= 0.3 is 5.97 Å². The molecule has 0 spiro atoms. The number of nitrogens with one attached hydrogen (secondary N) is 1. The molecule has 1 aromatic rings. The van der Waals surface area contributed by atoms with Crippen LogP contribution in [0, 0.1) is 0 Å². The number of carboxylic acids is 1. The van der Waals surface area contributed by atoms with Gasteiger partial charge in [0.25, 0.3) is 5.91 Å². The number of thiophene rings is 1. The second-order valence-corrected chi connectivity index (χ2v) is 7.56. The molecule has 0 radical (unpaired) electrons. The largest absolute Gasteiger partial charge is 0.480 e. The molecule has 5 nitrogen and oxygen atoms in total. The number of carbonyl (C=O) groups is 2. The molecule has 3 rings (SSSR count). The summed E-state index contributed by atoms with van der Waals surface area (Å²) < 4.78 is 5.24. The van der Waals surface area contributed by atoms with Crippen LogP contribution in [-0.2, 0) is 22.4 Å². The highest BCUT2D eigenvalue weighted by Gasteiger charge is 2.42. The molecule has 1 saturated heterocycles. The predicted octanol–water partition coefficient (Wildman–Crippen LogP) is 2.77. The number of rotatable bonds is 3. The van der Waals surface area contributed by atoms with Gasteiger partial charge in [-0.05, 0) is 37.3 Å². The Balaban J connectivity index is 1.77. The number of aliphatic carboxylic acids is 1. The number of ether oxygens (including phenoxy) is 1. The van der Waals surface area contributed by atoms with Crippen molar-refractivity contribution in [2.75, 3.05) is 13.2 Å². The van der Waals surface area contributed by atoms with Crippen molar-refractivity contribution >= 4 is 23.2 Å². The van der Waals surface area contributed by atoms with E-state index in [0.29, 0.717) is 30.9 Å². The van der Waals surface area contributed by atoms with Gasteiger partial charge in [-0.3, -0.25) is 4.79 Å². The molecule has 1 fully saturated rings. The van der Waals surface area contributed by atoms with Crippen molar-refractivity contribution < 1.29 is 19.4 Å². The molecule has 0 aromatic carbocycles. The maximum Gasteiger partial charge on any atom is 0.329 e. The number of carbonyl (C=O) groups excluding carboxylic acids is 1. The molecule has 0 atom stereocenters. The van der Waals surface area contributed by atoms with Gasteiger partial charge in [0.15, 0.2) is 0 Å². The number of hydrogen-bond acceptors (Lipinski definition) is 4. The molecule has 1 aromatic heterocycles. The highest BCUT2D eigenvalue weighted by molar-refractivity contribution is 7.14. The first-order chi connectivity index (χ1) is 11.1. The lowest BCUT2D eigenvalue weighted by Crippen LogP contribution is -2.57. The molecule has 1 aliphatic carbocycles. The first-order valence-corrected chi connectivity index (χ1v) is 9.18. The molecule has 6 heteroatoms. The predicted molar refractivity (Wildman–Crippen MR) is 88.1 cm³/mol. The normalized spacial score (nSPS) is 20.9. The van der Waals surface area contributed by atoms with Crippen molar-refractivity contribution in [1.82, 2.24) is 5.32 Å². The second-order valence-electron chi connectivity index (χ2n) is 6.43. The minimum absolute atomic E-state index is 0.258. The molecule has 0 saturated carbocycles. The first-order valence-electron chi connectivity index (χ1n) is 8.36. The first kappa shape index (κ1) is 16.5. The molecule has 0 unspecified atom stereocenters. The van der Waals surface area contributed by atoms with Crippen LogP contribution in [0.1, 0.15) is 58.6 Å². The van der Waals surface area contributed by atoms with Gasteiger partial charge in [-0.25, -0.2) is 4.79 Å². The summed E-state index contributed by atoms with van der Waals surface area (Å²) in [4.78, 5) is 26.2. The monoisotopic (exact) mass is 337 g/mol. The summed E-state index contributed by atoms with van der Waals surface area (Å²) in [6.45, 7) is 0.737. The van der Waals surface area contributed by atoms with E-state index in [0.717, 1.165) is 12.8 Å². The molecule has 2 heterocycles. The van der Waals surface area contributed by atoms with Crippen LogP contribution in [0.3, 0.4) is 0 Å². The fourth-order valence-electron chi connectivity index (χ4n) is 3.35. The Morgan fingerprint density at radius 1 is 1.13 bits per heavy atom. The van der Waals surface area contributed by atoms with E-state index in [1.807, 2.05) is 6.07 Å². The van der Waals surface area contributed by atoms with Gasteiger partial charge < -0.3 is 15.2 Å². The Labute approximate surface area is 140 Å². The van der Waals surface area contributed by atoms with E-state index >= 15 is 0 Å². The van der Waals surface area contributed by atoms with Crippen LogP contribution in [0.2, 0.25) is 0 Å². The van der Waals surface area contributed by atoms with Crippen molar-refractivity contribution in [1.29, 1.82) is 0 Å². The standard InChI is InChI=1S/C17H23NO4S/c19-15(18-17(16(20)21)7-9-22-10-8-17)14-11-12-5-3-1-2-4-6-13(12)23-14/h11H,1-10H2,(H,18,19)(H,20,21). The lowest BCUT2D eigenvalue weighted by Gasteiger charge is -2.33. The van der Waals surface area contributed by atoms with E-state index in [9.17, 15) is 14.7 Å². The van der Waals surface area contributed by atoms with Gasteiger partial charge in [0, 0.05) is 30.9 Å². The quantitative estimate of drug-likeness (QED) is 0.889. The molecule has 126 valence electrons. The zero-order valence-corrected chi connectivity index (χ0v) is 14.0.